The number of ether oxygens (including phenoxy) is 1. The van der Waals surface area contributed by atoms with Gasteiger partial charge in [-0.15, -0.1) is 0 Å². The van der Waals surface area contributed by atoms with Crippen LogP contribution >= 0.6 is 0 Å². The van der Waals surface area contributed by atoms with Crippen LogP contribution in [0.15, 0.2) is 36.5 Å². The van der Waals surface area contributed by atoms with Crippen molar-refractivity contribution < 1.29 is 9.84 Å². The van der Waals surface area contributed by atoms with Gasteiger partial charge in [0.2, 0.25) is 0 Å². The van der Waals surface area contributed by atoms with Crippen LogP contribution in [0.25, 0.3) is 11.3 Å². The van der Waals surface area contributed by atoms with Crippen molar-refractivity contribution in [2.75, 3.05) is 7.11 Å². The van der Waals surface area contributed by atoms with Gasteiger partial charge >= 0.3 is 0 Å². The second-order valence-electron chi connectivity index (χ2n) is 3.24. The zero-order valence-corrected chi connectivity index (χ0v) is 8.92. The molecule has 2 rings (SSSR count). The van der Waals surface area contributed by atoms with Crippen molar-refractivity contribution >= 4 is 0 Å². The zero-order chi connectivity index (χ0) is 11.4. The van der Waals surface area contributed by atoms with Crippen molar-refractivity contribution in [2.24, 2.45) is 0 Å². The Morgan fingerprint density at radius 2 is 1.94 bits per heavy atom. The van der Waals surface area contributed by atoms with Gasteiger partial charge in [0.25, 0.3) is 0 Å². The number of hydrogen-bond acceptors (Lipinski definition) is 4. The van der Waals surface area contributed by atoms with Crippen LogP contribution in [0.2, 0.25) is 0 Å². The van der Waals surface area contributed by atoms with E-state index < -0.39 is 0 Å². The first-order valence-electron chi connectivity index (χ1n) is 4.90. The van der Waals surface area contributed by atoms with Gasteiger partial charge < -0.3 is 9.84 Å². The molecule has 0 atom stereocenters. The molecule has 1 N–H and O–H groups in total. The van der Waals surface area contributed by atoms with E-state index in [1.54, 1.807) is 19.4 Å². The van der Waals surface area contributed by atoms with E-state index in [4.69, 9.17) is 9.84 Å². The molecule has 1 aromatic heterocycles. The number of rotatable bonds is 3. The van der Waals surface area contributed by atoms with Crippen molar-refractivity contribution in [3.63, 3.8) is 0 Å². The summed E-state index contributed by atoms with van der Waals surface area (Å²) in [5.74, 6) is 1.23. The van der Waals surface area contributed by atoms with E-state index in [9.17, 15) is 0 Å². The fraction of sp³-hybridized carbons (Fsp3) is 0.167. The molecule has 4 nitrogen and oxygen atoms in total. The Kier molecular flexibility index (Phi) is 3.12. The van der Waals surface area contributed by atoms with Gasteiger partial charge in [0.05, 0.1) is 12.8 Å². The summed E-state index contributed by atoms with van der Waals surface area (Å²) in [5.41, 5.74) is 1.76. The molecule has 82 valence electrons. The summed E-state index contributed by atoms with van der Waals surface area (Å²) in [4.78, 5) is 8.15. The lowest BCUT2D eigenvalue weighted by Gasteiger charge is -2.03. The van der Waals surface area contributed by atoms with E-state index in [1.165, 1.54) is 0 Å². The number of hydrogen-bond donors (Lipinski definition) is 1. The van der Waals surface area contributed by atoms with Crippen molar-refractivity contribution in [1.82, 2.24) is 9.97 Å². The van der Waals surface area contributed by atoms with E-state index >= 15 is 0 Å². The van der Waals surface area contributed by atoms with Crippen LogP contribution in [0.1, 0.15) is 5.82 Å². The number of aliphatic hydroxyl groups excluding tert-OH is 1. The fourth-order valence-electron chi connectivity index (χ4n) is 1.40. The van der Waals surface area contributed by atoms with Gasteiger partial charge in [0, 0.05) is 11.8 Å². The quantitative estimate of drug-likeness (QED) is 0.847. The van der Waals surface area contributed by atoms with Gasteiger partial charge in [-0.05, 0) is 30.3 Å². The average molecular weight is 216 g/mol. The summed E-state index contributed by atoms with van der Waals surface area (Å²) in [6.45, 7) is -0.149. The molecule has 0 saturated carbocycles. The van der Waals surface area contributed by atoms with Crippen molar-refractivity contribution in [2.45, 2.75) is 6.61 Å². The summed E-state index contributed by atoms with van der Waals surface area (Å²) in [5, 5.41) is 8.95. The molecule has 0 aliphatic heterocycles. The van der Waals surface area contributed by atoms with Crippen LogP contribution in [0.4, 0.5) is 0 Å². The highest BCUT2D eigenvalue weighted by molar-refractivity contribution is 5.59. The fourth-order valence-corrected chi connectivity index (χ4v) is 1.40. The summed E-state index contributed by atoms with van der Waals surface area (Å²) in [6.07, 6.45) is 1.64. The molecule has 0 aliphatic rings. The standard InChI is InChI=1S/C12H12N2O2/c1-16-10-4-2-9(3-5-10)11-6-7-13-12(8-15)14-11/h2-7,15H,8H2,1H3. The van der Waals surface area contributed by atoms with Crippen molar-refractivity contribution in [1.29, 1.82) is 0 Å². The van der Waals surface area contributed by atoms with Gasteiger partial charge in [-0.2, -0.15) is 0 Å². The maximum atomic E-state index is 8.95. The predicted octanol–water partition coefficient (Wildman–Crippen LogP) is 1.64. The highest BCUT2D eigenvalue weighted by Gasteiger charge is 2.01. The van der Waals surface area contributed by atoms with Crippen LogP contribution in [-0.2, 0) is 6.61 Å². The van der Waals surface area contributed by atoms with E-state index in [2.05, 4.69) is 9.97 Å². The van der Waals surface area contributed by atoms with Crippen molar-refractivity contribution in [3.8, 4) is 17.0 Å². The molecule has 16 heavy (non-hydrogen) atoms. The predicted molar refractivity (Wildman–Crippen MR) is 59.9 cm³/mol. The normalized spacial score (nSPS) is 10.1. The molecule has 0 spiro atoms. The molecule has 4 heteroatoms. The first-order valence-corrected chi connectivity index (χ1v) is 4.90. The Bertz CT molecular complexity index is 469. The highest BCUT2D eigenvalue weighted by Crippen LogP contribution is 2.20. The third-order valence-corrected chi connectivity index (χ3v) is 2.23. The highest BCUT2D eigenvalue weighted by atomic mass is 16.5. The Hall–Kier alpha value is -1.94. The molecular formula is C12H12N2O2. The third-order valence-electron chi connectivity index (χ3n) is 2.23. The second-order valence-corrected chi connectivity index (χ2v) is 3.24. The minimum Gasteiger partial charge on any atom is -0.497 e. The molecule has 1 aromatic carbocycles. The third kappa shape index (κ3) is 2.17. The number of nitrogens with zero attached hydrogens (tertiary/aromatic N) is 2. The van der Waals surface area contributed by atoms with Gasteiger partial charge in [0.15, 0.2) is 5.82 Å². The number of benzene rings is 1. The van der Waals surface area contributed by atoms with Crippen LogP contribution in [0, 0.1) is 0 Å². The van der Waals surface area contributed by atoms with Gasteiger partial charge in [-0.3, -0.25) is 0 Å². The summed E-state index contributed by atoms with van der Waals surface area (Å²) in [6, 6.07) is 9.39. The molecular weight excluding hydrogens is 204 g/mol. The zero-order valence-electron chi connectivity index (χ0n) is 8.92. The number of aromatic nitrogens is 2. The topological polar surface area (TPSA) is 55.2 Å². The van der Waals surface area contributed by atoms with E-state index in [1.807, 2.05) is 24.3 Å². The first-order chi connectivity index (χ1) is 7.83. The average Bonchev–Trinajstić information content (AvgIpc) is 2.39. The van der Waals surface area contributed by atoms with Crippen LogP contribution in [0.3, 0.4) is 0 Å². The number of aliphatic hydroxyl groups is 1. The monoisotopic (exact) mass is 216 g/mol. The summed E-state index contributed by atoms with van der Waals surface area (Å²) < 4.78 is 5.08. The van der Waals surface area contributed by atoms with Crippen LogP contribution < -0.4 is 4.74 Å². The Morgan fingerprint density at radius 1 is 1.19 bits per heavy atom. The molecule has 0 fully saturated rings. The van der Waals surface area contributed by atoms with Gasteiger partial charge in [-0.1, -0.05) is 0 Å². The minimum atomic E-state index is -0.149. The molecule has 0 radical (unpaired) electrons. The summed E-state index contributed by atoms with van der Waals surface area (Å²) in [7, 11) is 1.63. The van der Waals surface area contributed by atoms with Crippen molar-refractivity contribution in [3.05, 3.63) is 42.4 Å². The Labute approximate surface area is 93.6 Å². The maximum absolute atomic E-state index is 8.95. The van der Waals surface area contributed by atoms with E-state index in [-0.39, 0.29) is 6.61 Å². The molecule has 1 heterocycles. The minimum absolute atomic E-state index is 0.149. The first kappa shape index (κ1) is 10.6. The lowest BCUT2D eigenvalue weighted by molar-refractivity contribution is 0.271. The molecule has 0 saturated heterocycles. The van der Waals surface area contributed by atoms with Gasteiger partial charge in [-0.25, -0.2) is 9.97 Å². The Balaban J connectivity index is 2.34. The van der Waals surface area contributed by atoms with E-state index in [0.717, 1.165) is 17.0 Å². The molecule has 0 amide bonds. The lowest BCUT2D eigenvalue weighted by atomic mass is 10.1. The molecule has 0 bridgehead atoms. The SMILES string of the molecule is COc1ccc(-c2ccnc(CO)n2)cc1. The lowest BCUT2D eigenvalue weighted by Crippen LogP contribution is -1.95. The second kappa shape index (κ2) is 4.72. The molecule has 0 aliphatic carbocycles. The van der Waals surface area contributed by atoms with E-state index in [0.29, 0.717) is 5.82 Å². The largest absolute Gasteiger partial charge is 0.497 e. The van der Waals surface area contributed by atoms with Gasteiger partial charge in [0.1, 0.15) is 12.4 Å². The van der Waals surface area contributed by atoms with Crippen LogP contribution in [0.5, 0.6) is 5.75 Å². The molecule has 2 aromatic rings. The van der Waals surface area contributed by atoms with Crippen LogP contribution in [-0.4, -0.2) is 22.2 Å². The number of methoxy groups -OCH3 is 1. The maximum Gasteiger partial charge on any atom is 0.154 e. The smallest absolute Gasteiger partial charge is 0.154 e. The Morgan fingerprint density at radius 3 is 2.56 bits per heavy atom. The molecule has 0 unspecified atom stereocenters. The summed E-state index contributed by atoms with van der Waals surface area (Å²) >= 11 is 0.